The van der Waals surface area contributed by atoms with Crippen LogP contribution in [0.4, 0.5) is 0 Å². The SMILES string of the molecule is CCC(CCC(C#N)(c1ccc(Br)c(Br)c1)C(C)C)N(C)Cc1ccccc1. The second kappa shape index (κ2) is 10.6. The third-order valence-electron chi connectivity index (χ3n) is 5.86. The maximum absolute atomic E-state index is 10.2. The van der Waals surface area contributed by atoms with E-state index in [1.165, 1.54) is 5.56 Å². The van der Waals surface area contributed by atoms with Gasteiger partial charge in [-0.2, -0.15) is 5.26 Å². The molecule has 2 nitrogen and oxygen atoms in total. The summed E-state index contributed by atoms with van der Waals surface area (Å²) < 4.78 is 2.01. The van der Waals surface area contributed by atoms with Gasteiger partial charge in [0.05, 0.1) is 11.5 Å². The van der Waals surface area contributed by atoms with Gasteiger partial charge >= 0.3 is 0 Å². The third kappa shape index (κ3) is 5.47. The summed E-state index contributed by atoms with van der Waals surface area (Å²) in [7, 11) is 2.20. The van der Waals surface area contributed by atoms with Gasteiger partial charge in [0.15, 0.2) is 0 Å². The van der Waals surface area contributed by atoms with Gasteiger partial charge in [-0.15, -0.1) is 0 Å². The molecule has 0 saturated carbocycles. The van der Waals surface area contributed by atoms with Crippen LogP contribution in [0.2, 0.25) is 0 Å². The molecule has 2 atom stereocenters. The van der Waals surface area contributed by atoms with E-state index in [-0.39, 0.29) is 5.92 Å². The average Bonchev–Trinajstić information content (AvgIpc) is 2.68. The Balaban J connectivity index is 2.19. The number of halogens is 2. The molecule has 0 N–H and O–H groups in total. The highest BCUT2D eigenvalue weighted by Crippen LogP contribution is 2.40. The zero-order chi connectivity index (χ0) is 20.7. The number of hydrogen-bond donors (Lipinski definition) is 0. The average molecular weight is 506 g/mol. The quantitative estimate of drug-likeness (QED) is 0.357. The lowest BCUT2D eigenvalue weighted by molar-refractivity contribution is 0.197. The Morgan fingerprint density at radius 1 is 1.07 bits per heavy atom. The molecule has 150 valence electrons. The molecule has 0 amide bonds. The Labute approximate surface area is 187 Å². The molecule has 2 unspecified atom stereocenters. The second-order valence-electron chi connectivity index (χ2n) is 7.87. The molecule has 0 spiro atoms. The van der Waals surface area contributed by atoms with Crippen LogP contribution in [0.5, 0.6) is 0 Å². The molecule has 0 aliphatic rings. The second-order valence-corrected chi connectivity index (χ2v) is 9.58. The number of hydrogen-bond acceptors (Lipinski definition) is 2. The van der Waals surface area contributed by atoms with E-state index >= 15 is 0 Å². The van der Waals surface area contributed by atoms with Crippen molar-refractivity contribution < 1.29 is 0 Å². The van der Waals surface area contributed by atoms with E-state index in [0.29, 0.717) is 6.04 Å². The molecular formula is C24H30Br2N2. The van der Waals surface area contributed by atoms with Crippen molar-refractivity contribution in [3.05, 3.63) is 68.6 Å². The van der Waals surface area contributed by atoms with E-state index in [2.05, 4.69) is 113 Å². The topological polar surface area (TPSA) is 27.0 Å². The van der Waals surface area contributed by atoms with Crippen molar-refractivity contribution >= 4 is 31.9 Å². The number of nitriles is 1. The molecule has 0 aliphatic heterocycles. The van der Waals surface area contributed by atoms with Gasteiger partial charge in [-0.25, -0.2) is 0 Å². The molecular weight excluding hydrogens is 476 g/mol. The van der Waals surface area contributed by atoms with Crippen LogP contribution in [-0.2, 0) is 12.0 Å². The van der Waals surface area contributed by atoms with Crippen LogP contribution < -0.4 is 0 Å². The maximum Gasteiger partial charge on any atom is 0.0846 e. The van der Waals surface area contributed by atoms with Crippen molar-refractivity contribution in [2.75, 3.05) is 7.05 Å². The van der Waals surface area contributed by atoms with E-state index in [1.807, 2.05) is 6.07 Å². The summed E-state index contributed by atoms with van der Waals surface area (Å²) in [6, 6.07) is 20.0. The van der Waals surface area contributed by atoms with E-state index in [1.54, 1.807) is 0 Å². The van der Waals surface area contributed by atoms with Gasteiger partial charge in [-0.1, -0.05) is 57.2 Å². The van der Waals surface area contributed by atoms with E-state index < -0.39 is 5.41 Å². The Kier molecular flexibility index (Phi) is 8.74. The lowest BCUT2D eigenvalue weighted by Crippen LogP contribution is -2.36. The summed E-state index contributed by atoms with van der Waals surface area (Å²) in [6.07, 6.45) is 2.93. The predicted octanol–water partition coefficient (Wildman–Crippen LogP) is 7.32. The van der Waals surface area contributed by atoms with Gasteiger partial charge in [0, 0.05) is 21.5 Å². The molecule has 0 bridgehead atoms. The normalized spacial score (nSPS) is 14.7. The van der Waals surface area contributed by atoms with Crippen LogP contribution in [0.3, 0.4) is 0 Å². The summed E-state index contributed by atoms with van der Waals surface area (Å²) in [5.74, 6) is 0.238. The molecule has 0 aliphatic carbocycles. The van der Waals surface area contributed by atoms with E-state index in [4.69, 9.17) is 0 Å². The molecule has 4 heteroatoms. The monoisotopic (exact) mass is 504 g/mol. The smallest absolute Gasteiger partial charge is 0.0846 e. The Bertz CT molecular complexity index is 798. The first-order chi connectivity index (χ1) is 13.3. The highest BCUT2D eigenvalue weighted by Gasteiger charge is 2.37. The summed E-state index contributed by atoms with van der Waals surface area (Å²) in [5, 5.41) is 10.2. The maximum atomic E-state index is 10.2. The number of nitrogens with zero attached hydrogens (tertiary/aromatic N) is 2. The zero-order valence-electron chi connectivity index (χ0n) is 17.3. The molecule has 0 saturated heterocycles. The zero-order valence-corrected chi connectivity index (χ0v) is 20.4. The molecule has 2 aromatic carbocycles. The lowest BCUT2D eigenvalue weighted by atomic mass is 9.69. The van der Waals surface area contributed by atoms with Crippen molar-refractivity contribution in [1.29, 1.82) is 5.26 Å². The molecule has 0 aromatic heterocycles. The fraction of sp³-hybridized carbons (Fsp3) is 0.458. The molecule has 0 heterocycles. The van der Waals surface area contributed by atoms with Crippen molar-refractivity contribution in [2.45, 2.75) is 58.0 Å². The summed E-state index contributed by atoms with van der Waals surface area (Å²) in [5.41, 5.74) is 1.95. The van der Waals surface area contributed by atoms with Gasteiger partial charge in [-0.3, -0.25) is 4.90 Å². The first kappa shape index (κ1) is 23.1. The summed E-state index contributed by atoms with van der Waals surface area (Å²) in [4.78, 5) is 2.43. The van der Waals surface area contributed by atoms with Crippen molar-refractivity contribution in [2.24, 2.45) is 5.92 Å². The Morgan fingerprint density at radius 3 is 2.29 bits per heavy atom. The molecule has 2 rings (SSSR count). The van der Waals surface area contributed by atoms with Crippen LogP contribution in [0.15, 0.2) is 57.5 Å². The first-order valence-corrected chi connectivity index (χ1v) is 11.5. The first-order valence-electron chi connectivity index (χ1n) is 9.95. The van der Waals surface area contributed by atoms with Gasteiger partial charge in [0.1, 0.15) is 0 Å². The Hall–Kier alpha value is -1.15. The van der Waals surface area contributed by atoms with Gasteiger partial charge in [0.2, 0.25) is 0 Å². The van der Waals surface area contributed by atoms with Gasteiger partial charge in [0.25, 0.3) is 0 Å². The minimum atomic E-state index is -0.482. The summed E-state index contributed by atoms with van der Waals surface area (Å²) in [6.45, 7) is 7.50. The van der Waals surface area contributed by atoms with E-state index in [0.717, 1.165) is 40.3 Å². The summed E-state index contributed by atoms with van der Waals surface area (Å²) >= 11 is 7.15. The highest BCUT2D eigenvalue weighted by atomic mass is 79.9. The van der Waals surface area contributed by atoms with E-state index in [9.17, 15) is 5.26 Å². The molecule has 28 heavy (non-hydrogen) atoms. The molecule has 0 fully saturated rings. The predicted molar refractivity (Wildman–Crippen MR) is 125 cm³/mol. The van der Waals surface area contributed by atoms with Gasteiger partial charge in [-0.05, 0) is 87.3 Å². The van der Waals surface area contributed by atoms with Crippen LogP contribution in [0.1, 0.15) is 51.2 Å². The molecule has 0 radical (unpaired) electrons. The number of benzene rings is 2. The van der Waals surface area contributed by atoms with Crippen LogP contribution in [0.25, 0.3) is 0 Å². The fourth-order valence-corrected chi connectivity index (χ4v) is 4.55. The van der Waals surface area contributed by atoms with Crippen molar-refractivity contribution in [3.8, 4) is 6.07 Å². The van der Waals surface area contributed by atoms with Gasteiger partial charge < -0.3 is 0 Å². The van der Waals surface area contributed by atoms with Crippen LogP contribution in [0, 0.1) is 17.2 Å². The van der Waals surface area contributed by atoms with Crippen molar-refractivity contribution in [1.82, 2.24) is 4.90 Å². The number of rotatable bonds is 9. The standard InChI is InChI=1S/C24H30Br2N2/c1-5-21(28(4)16-19-9-7-6-8-10-19)13-14-24(17-27,18(2)3)20-11-12-22(25)23(26)15-20/h6-12,15,18,21H,5,13-14,16H2,1-4H3. The lowest BCUT2D eigenvalue weighted by Gasteiger charge is -2.35. The van der Waals surface area contributed by atoms with Crippen molar-refractivity contribution in [3.63, 3.8) is 0 Å². The highest BCUT2D eigenvalue weighted by molar-refractivity contribution is 9.13. The Morgan fingerprint density at radius 2 is 1.75 bits per heavy atom. The third-order valence-corrected chi connectivity index (χ3v) is 7.74. The molecule has 2 aromatic rings. The van der Waals surface area contributed by atoms with Crippen LogP contribution >= 0.6 is 31.9 Å². The van der Waals surface area contributed by atoms with Crippen LogP contribution in [-0.4, -0.2) is 18.0 Å². The fourth-order valence-electron chi connectivity index (χ4n) is 3.92. The minimum Gasteiger partial charge on any atom is -0.299 e. The largest absolute Gasteiger partial charge is 0.299 e. The minimum absolute atomic E-state index is 0.238.